The third-order valence-corrected chi connectivity index (χ3v) is 3.54. The number of hydrogen-bond acceptors (Lipinski definition) is 3. The highest BCUT2D eigenvalue weighted by molar-refractivity contribution is 6.08. The SMILES string of the molecule is O=C(c1ccc(C(F)(F)F)cc1)c1cccc(=O)n1-c1ccccn1. The second-order valence-electron chi connectivity index (χ2n) is 5.18. The lowest BCUT2D eigenvalue weighted by molar-refractivity contribution is -0.137. The van der Waals surface area contributed by atoms with Gasteiger partial charge in [0, 0.05) is 17.8 Å². The fraction of sp³-hybridized carbons (Fsp3) is 0.0556. The van der Waals surface area contributed by atoms with E-state index in [9.17, 15) is 22.8 Å². The van der Waals surface area contributed by atoms with Crippen LogP contribution in [0.25, 0.3) is 5.82 Å². The molecule has 0 fully saturated rings. The summed E-state index contributed by atoms with van der Waals surface area (Å²) in [5.41, 5.74) is -1.25. The molecular formula is C18H11F3N2O2. The number of hydrogen-bond donors (Lipinski definition) is 0. The molecule has 4 nitrogen and oxygen atoms in total. The first-order valence-corrected chi connectivity index (χ1v) is 7.23. The Hall–Kier alpha value is -3.22. The quantitative estimate of drug-likeness (QED) is 0.684. The molecule has 0 unspecified atom stereocenters. The molecule has 0 N–H and O–H groups in total. The molecule has 25 heavy (non-hydrogen) atoms. The number of ketones is 1. The lowest BCUT2D eigenvalue weighted by Gasteiger charge is -2.11. The molecular weight excluding hydrogens is 333 g/mol. The standard InChI is InChI=1S/C18H11F3N2O2/c19-18(20,21)13-9-7-12(8-10-13)17(25)14-4-3-6-16(24)23(14)15-5-1-2-11-22-15/h1-11H. The molecule has 0 atom stereocenters. The van der Waals surface area contributed by atoms with Gasteiger partial charge in [-0.15, -0.1) is 0 Å². The van der Waals surface area contributed by atoms with Crippen LogP contribution in [0.3, 0.4) is 0 Å². The van der Waals surface area contributed by atoms with Crippen LogP contribution in [0, 0.1) is 0 Å². The number of rotatable bonds is 3. The minimum Gasteiger partial charge on any atom is -0.287 e. The Bertz CT molecular complexity index is 962. The van der Waals surface area contributed by atoms with Gasteiger partial charge in [-0.2, -0.15) is 13.2 Å². The summed E-state index contributed by atoms with van der Waals surface area (Å²) in [6.07, 6.45) is -3.01. The van der Waals surface area contributed by atoms with Crippen molar-refractivity contribution in [2.75, 3.05) is 0 Å². The Kier molecular flexibility index (Phi) is 4.22. The van der Waals surface area contributed by atoms with Gasteiger partial charge >= 0.3 is 6.18 Å². The zero-order chi connectivity index (χ0) is 18.0. The van der Waals surface area contributed by atoms with Crippen molar-refractivity contribution in [3.05, 3.63) is 94.0 Å². The van der Waals surface area contributed by atoms with Crippen LogP contribution in [0.5, 0.6) is 0 Å². The van der Waals surface area contributed by atoms with Crippen LogP contribution >= 0.6 is 0 Å². The summed E-state index contributed by atoms with van der Waals surface area (Å²) in [5.74, 6) is -0.319. The van der Waals surface area contributed by atoms with Crippen molar-refractivity contribution < 1.29 is 18.0 Å². The van der Waals surface area contributed by atoms with E-state index in [4.69, 9.17) is 0 Å². The molecule has 0 saturated carbocycles. The third-order valence-electron chi connectivity index (χ3n) is 3.54. The smallest absolute Gasteiger partial charge is 0.287 e. The predicted octanol–water partition coefficient (Wildman–Crippen LogP) is 3.48. The Balaban J connectivity index is 2.07. The molecule has 2 aromatic heterocycles. The van der Waals surface area contributed by atoms with Crippen LogP contribution in [0.2, 0.25) is 0 Å². The number of benzene rings is 1. The monoisotopic (exact) mass is 344 g/mol. The van der Waals surface area contributed by atoms with Crippen LogP contribution in [0.4, 0.5) is 13.2 Å². The Morgan fingerprint density at radius 3 is 2.24 bits per heavy atom. The lowest BCUT2D eigenvalue weighted by Crippen LogP contribution is -2.24. The van der Waals surface area contributed by atoms with E-state index in [0.29, 0.717) is 0 Å². The maximum Gasteiger partial charge on any atom is 0.416 e. The van der Waals surface area contributed by atoms with Crippen molar-refractivity contribution in [1.29, 1.82) is 0 Å². The van der Waals surface area contributed by atoms with E-state index < -0.39 is 23.1 Å². The molecule has 0 saturated heterocycles. The topological polar surface area (TPSA) is 52.0 Å². The van der Waals surface area contributed by atoms with E-state index in [-0.39, 0.29) is 17.1 Å². The number of aromatic nitrogens is 2. The zero-order valence-corrected chi connectivity index (χ0v) is 12.7. The first kappa shape index (κ1) is 16.6. The molecule has 0 bridgehead atoms. The predicted molar refractivity (Wildman–Crippen MR) is 84.7 cm³/mol. The normalized spacial score (nSPS) is 11.3. The number of carbonyl (C=O) groups is 1. The van der Waals surface area contributed by atoms with Crippen LogP contribution in [-0.4, -0.2) is 15.3 Å². The summed E-state index contributed by atoms with van der Waals surface area (Å²) in [7, 11) is 0. The van der Waals surface area contributed by atoms with Crippen LogP contribution < -0.4 is 5.56 Å². The fourth-order valence-electron chi connectivity index (χ4n) is 2.35. The number of alkyl halides is 3. The van der Waals surface area contributed by atoms with E-state index in [1.165, 1.54) is 24.4 Å². The fourth-order valence-corrected chi connectivity index (χ4v) is 2.35. The van der Waals surface area contributed by atoms with E-state index in [2.05, 4.69) is 4.98 Å². The summed E-state index contributed by atoms with van der Waals surface area (Å²) < 4.78 is 39.1. The molecule has 3 aromatic rings. The Labute approximate surface area is 140 Å². The zero-order valence-electron chi connectivity index (χ0n) is 12.7. The van der Waals surface area contributed by atoms with Gasteiger partial charge in [0.05, 0.1) is 11.3 Å². The van der Waals surface area contributed by atoms with Gasteiger partial charge in [0.25, 0.3) is 5.56 Å². The van der Waals surface area contributed by atoms with Crippen molar-refractivity contribution in [1.82, 2.24) is 9.55 Å². The van der Waals surface area contributed by atoms with Gasteiger partial charge in [-0.1, -0.05) is 24.3 Å². The summed E-state index contributed by atoms with van der Waals surface area (Å²) >= 11 is 0. The van der Waals surface area contributed by atoms with Crippen molar-refractivity contribution in [2.45, 2.75) is 6.18 Å². The van der Waals surface area contributed by atoms with Gasteiger partial charge in [0.15, 0.2) is 0 Å². The lowest BCUT2D eigenvalue weighted by atomic mass is 10.0. The molecule has 0 amide bonds. The van der Waals surface area contributed by atoms with Gasteiger partial charge in [0.1, 0.15) is 5.82 Å². The maximum absolute atomic E-state index is 12.7. The van der Waals surface area contributed by atoms with Gasteiger partial charge < -0.3 is 0 Å². The molecule has 0 radical (unpaired) electrons. The average molecular weight is 344 g/mol. The molecule has 1 aromatic carbocycles. The first-order valence-electron chi connectivity index (χ1n) is 7.23. The molecule has 0 spiro atoms. The highest BCUT2D eigenvalue weighted by Gasteiger charge is 2.30. The number of pyridine rings is 2. The largest absolute Gasteiger partial charge is 0.416 e. The van der Waals surface area contributed by atoms with Gasteiger partial charge in [-0.3, -0.25) is 14.2 Å². The summed E-state index contributed by atoms with van der Waals surface area (Å²) in [6, 6.07) is 12.8. The van der Waals surface area contributed by atoms with Crippen molar-refractivity contribution in [3.8, 4) is 5.82 Å². The summed E-state index contributed by atoms with van der Waals surface area (Å²) in [4.78, 5) is 28.9. The number of halogens is 3. The number of carbonyl (C=O) groups excluding carboxylic acids is 1. The van der Waals surface area contributed by atoms with E-state index in [1.807, 2.05) is 0 Å². The Morgan fingerprint density at radius 2 is 1.64 bits per heavy atom. The maximum atomic E-state index is 12.7. The van der Waals surface area contributed by atoms with E-state index in [0.717, 1.165) is 28.8 Å². The molecule has 2 heterocycles. The van der Waals surface area contributed by atoms with Gasteiger partial charge in [0.2, 0.25) is 5.78 Å². The van der Waals surface area contributed by atoms with Gasteiger partial charge in [-0.25, -0.2) is 4.98 Å². The first-order chi connectivity index (χ1) is 11.9. The summed E-state index contributed by atoms with van der Waals surface area (Å²) in [5, 5.41) is 0. The molecule has 0 aliphatic heterocycles. The number of nitrogens with zero attached hydrogens (tertiary/aromatic N) is 2. The molecule has 0 aliphatic rings. The summed E-state index contributed by atoms with van der Waals surface area (Å²) in [6.45, 7) is 0. The van der Waals surface area contributed by atoms with E-state index >= 15 is 0 Å². The molecule has 7 heteroatoms. The van der Waals surface area contributed by atoms with E-state index in [1.54, 1.807) is 18.2 Å². The molecule has 126 valence electrons. The van der Waals surface area contributed by atoms with Crippen LogP contribution in [0.15, 0.2) is 71.7 Å². The third kappa shape index (κ3) is 3.35. The average Bonchev–Trinajstić information content (AvgIpc) is 2.61. The van der Waals surface area contributed by atoms with Crippen LogP contribution in [0.1, 0.15) is 21.6 Å². The van der Waals surface area contributed by atoms with Crippen molar-refractivity contribution in [2.24, 2.45) is 0 Å². The van der Waals surface area contributed by atoms with Crippen molar-refractivity contribution in [3.63, 3.8) is 0 Å². The second-order valence-corrected chi connectivity index (χ2v) is 5.18. The minimum absolute atomic E-state index is 0.0194. The Morgan fingerprint density at radius 1 is 0.920 bits per heavy atom. The highest BCUT2D eigenvalue weighted by Crippen LogP contribution is 2.29. The molecule has 0 aliphatic carbocycles. The molecule has 3 rings (SSSR count). The second kappa shape index (κ2) is 6.35. The van der Waals surface area contributed by atoms with Crippen LogP contribution in [-0.2, 0) is 6.18 Å². The highest BCUT2D eigenvalue weighted by atomic mass is 19.4. The van der Waals surface area contributed by atoms with Crippen molar-refractivity contribution >= 4 is 5.78 Å². The minimum atomic E-state index is -4.48. The van der Waals surface area contributed by atoms with Gasteiger partial charge in [-0.05, 0) is 30.3 Å².